The number of ether oxygens (including phenoxy) is 2. The van der Waals surface area contributed by atoms with E-state index < -0.39 is 0 Å². The summed E-state index contributed by atoms with van der Waals surface area (Å²) in [4.78, 5) is 16.4. The third kappa shape index (κ3) is 7.46. The van der Waals surface area contributed by atoms with Crippen molar-refractivity contribution in [3.63, 3.8) is 0 Å². The number of methoxy groups -OCH3 is 2. The Morgan fingerprint density at radius 2 is 1.93 bits per heavy atom. The van der Waals surface area contributed by atoms with Gasteiger partial charge in [0.2, 0.25) is 0 Å². The average molecular weight is 504 g/mol. The lowest BCUT2D eigenvalue weighted by Crippen LogP contribution is -2.48. The molecule has 7 nitrogen and oxygen atoms in total. The van der Waals surface area contributed by atoms with E-state index in [4.69, 9.17) is 9.47 Å². The maximum absolute atomic E-state index is 12.2. The van der Waals surface area contributed by atoms with E-state index in [0.717, 1.165) is 25.5 Å². The van der Waals surface area contributed by atoms with E-state index in [-0.39, 0.29) is 29.9 Å². The molecule has 28 heavy (non-hydrogen) atoms. The predicted octanol–water partition coefficient (Wildman–Crippen LogP) is 2.41. The smallest absolute Gasteiger partial charge is 0.251 e. The van der Waals surface area contributed by atoms with Crippen LogP contribution < -0.4 is 20.7 Å². The first kappa shape index (κ1) is 24.5. The highest BCUT2D eigenvalue weighted by Crippen LogP contribution is 2.43. The molecule has 3 N–H and O–H groups in total. The van der Waals surface area contributed by atoms with Gasteiger partial charge in [-0.05, 0) is 42.9 Å². The first-order valence-corrected chi connectivity index (χ1v) is 9.48. The number of benzene rings is 1. The lowest BCUT2D eigenvalue weighted by atomic mass is 9.67. The van der Waals surface area contributed by atoms with E-state index in [1.54, 1.807) is 39.5 Å². The molecule has 1 fully saturated rings. The molecule has 1 saturated carbocycles. The second-order valence-corrected chi connectivity index (χ2v) is 6.94. The average Bonchev–Trinajstić information content (AvgIpc) is 2.68. The monoisotopic (exact) mass is 504 g/mol. The van der Waals surface area contributed by atoms with Gasteiger partial charge in [0, 0.05) is 46.0 Å². The SMILES string of the molecule is CN=C(NCCNC(=O)c1cccc(OC)c1)NCC1(CCOC)CCC1.I. The van der Waals surface area contributed by atoms with E-state index in [1.165, 1.54) is 19.3 Å². The summed E-state index contributed by atoms with van der Waals surface area (Å²) in [6.07, 6.45) is 4.83. The summed E-state index contributed by atoms with van der Waals surface area (Å²) >= 11 is 0. The molecule has 0 saturated heterocycles. The minimum absolute atomic E-state index is 0. The molecule has 1 aliphatic carbocycles. The number of hydrogen-bond acceptors (Lipinski definition) is 4. The molecule has 0 aromatic heterocycles. The van der Waals surface area contributed by atoms with Crippen molar-refractivity contribution in [3.8, 4) is 5.75 Å². The van der Waals surface area contributed by atoms with Gasteiger partial charge in [0.1, 0.15) is 5.75 Å². The van der Waals surface area contributed by atoms with Gasteiger partial charge in [0.05, 0.1) is 7.11 Å². The Morgan fingerprint density at radius 3 is 2.54 bits per heavy atom. The highest BCUT2D eigenvalue weighted by atomic mass is 127. The minimum atomic E-state index is -0.119. The number of nitrogens with zero attached hydrogens (tertiary/aromatic N) is 1. The molecular weight excluding hydrogens is 471 g/mol. The van der Waals surface area contributed by atoms with Crippen LogP contribution in [0.3, 0.4) is 0 Å². The molecule has 0 heterocycles. The standard InChI is InChI=1S/C20H32N4O3.HI/c1-21-19(24-15-20(8-5-9-20)10-13-26-2)23-12-11-22-18(25)16-6-4-7-17(14-16)27-3;/h4,6-7,14H,5,8-13,15H2,1-3H3,(H,22,25)(H2,21,23,24);1H. The molecule has 2 rings (SSSR count). The fraction of sp³-hybridized carbons (Fsp3) is 0.600. The molecule has 8 heteroatoms. The Hall–Kier alpha value is -1.55. The van der Waals surface area contributed by atoms with E-state index >= 15 is 0 Å². The highest BCUT2D eigenvalue weighted by Gasteiger charge is 2.36. The fourth-order valence-corrected chi connectivity index (χ4v) is 3.23. The molecule has 1 aliphatic rings. The van der Waals surface area contributed by atoms with Crippen molar-refractivity contribution < 1.29 is 14.3 Å². The van der Waals surface area contributed by atoms with Crippen molar-refractivity contribution in [2.45, 2.75) is 25.7 Å². The molecule has 1 amide bonds. The number of hydrogen-bond donors (Lipinski definition) is 3. The zero-order chi connectivity index (χ0) is 19.5. The van der Waals surface area contributed by atoms with Gasteiger partial charge in [0.25, 0.3) is 5.91 Å². The van der Waals surface area contributed by atoms with Crippen LogP contribution >= 0.6 is 24.0 Å². The number of amides is 1. The van der Waals surface area contributed by atoms with Gasteiger partial charge in [-0.1, -0.05) is 12.5 Å². The van der Waals surface area contributed by atoms with Crippen molar-refractivity contribution in [2.75, 3.05) is 47.5 Å². The fourth-order valence-electron chi connectivity index (χ4n) is 3.23. The van der Waals surface area contributed by atoms with Crippen LogP contribution in [-0.2, 0) is 4.74 Å². The van der Waals surface area contributed by atoms with Gasteiger partial charge in [-0.15, -0.1) is 24.0 Å². The second kappa shape index (κ2) is 12.8. The van der Waals surface area contributed by atoms with Gasteiger partial charge >= 0.3 is 0 Å². The van der Waals surface area contributed by atoms with Crippen molar-refractivity contribution in [2.24, 2.45) is 10.4 Å². The molecule has 0 radical (unpaired) electrons. The van der Waals surface area contributed by atoms with E-state index in [9.17, 15) is 4.79 Å². The summed E-state index contributed by atoms with van der Waals surface area (Å²) < 4.78 is 10.4. The van der Waals surface area contributed by atoms with E-state index in [1.807, 2.05) is 6.07 Å². The lowest BCUT2D eigenvalue weighted by Gasteiger charge is -2.42. The molecule has 0 unspecified atom stereocenters. The van der Waals surface area contributed by atoms with Gasteiger partial charge in [0.15, 0.2) is 5.96 Å². The Labute approximate surface area is 185 Å². The first-order chi connectivity index (χ1) is 13.1. The number of aliphatic imine (C=N–C) groups is 1. The van der Waals surface area contributed by atoms with Crippen LogP contribution in [0.2, 0.25) is 0 Å². The number of carbonyl (C=O) groups is 1. The number of halogens is 1. The zero-order valence-electron chi connectivity index (χ0n) is 17.0. The number of carbonyl (C=O) groups excluding carboxylic acids is 1. The topological polar surface area (TPSA) is 84.0 Å². The molecule has 0 bridgehead atoms. The second-order valence-electron chi connectivity index (χ2n) is 6.94. The Morgan fingerprint density at radius 1 is 1.18 bits per heavy atom. The van der Waals surface area contributed by atoms with Gasteiger partial charge in [-0.3, -0.25) is 9.79 Å². The van der Waals surface area contributed by atoms with Crippen molar-refractivity contribution in [1.29, 1.82) is 0 Å². The number of rotatable bonds is 10. The quantitative estimate of drug-likeness (QED) is 0.197. The third-order valence-electron chi connectivity index (χ3n) is 5.14. The van der Waals surface area contributed by atoms with Gasteiger partial charge in [-0.2, -0.15) is 0 Å². The largest absolute Gasteiger partial charge is 0.497 e. The van der Waals surface area contributed by atoms with Crippen molar-refractivity contribution in [3.05, 3.63) is 29.8 Å². The van der Waals surface area contributed by atoms with Gasteiger partial charge in [-0.25, -0.2) is 0 Å². The highest BCUT2D eigenvalue weighted by molar-refractivity contribution is 14.0. The number of nitrogens with one attached hydrogen (secondary N) is 3. The summed E-state index contributed by atoms with van der Waals surface area (Å²) in [6, 6.07) is 7.11. The lowest BCUT2D eigenvalue weighted by molar-refractivity contribution is 0.0732. The maximum Gasteiger partial charge on any atom is 0.251 e. The molecule has 0 spiro atoms. The summed E-state index contributed by atoms with van der Waals surface area (Å²) in [7, 11) is 5.09. The Kier molecular flexibility index (Phi) is 11.2. The maximum atomic E-state index is 12.2. The summed E-state index contributed by atoms with van der Waals surface area (Å²) in [6.45, 7) is 2.79. The van der Waals surface area contributed by atoms with Crippen LogP contribution in [0, 0.1) is 5.41 Å². The molecule has 1 aromatic carbocycles. The van der Waals surface area contributed by atoms with E-state index in [2.05, 4.69) is 20.9 Å². The van der Waals surface area contributed by atoms with Crippen LogP contribution in [0.15, 0.2) is 29.3 Å². The first-order valence-electron chi connectivity index (χ1n) is 9.48. The number of guanidine groups is 1. The van der Waals surface area contributed by atoms with Crippen LogP contribution in [0.4, 0.5) is 0 Å². The zero-order valence-corrected chi connectivity index (χ0v) is 19.4. The predicted molar refractivity (Wildman–Crippen MR) is 123 cm³/mol. The van der Waals surface area contributed by atoms with Crippen LogP contribution in [0.1, 0.15) is 36.0 Å². The summed E-state index contributed by atoms with van der Waals surface area (Å²) in [5.41, 5.74) is 0.913. The van der Waals surface area contributed by atoms with Crippen LogP contribution in [0.25, 0.3) is 0 Å². The van der Waals surface area contributed by atoms with Gasteiger partial charge < -0.3 is 25.4 Å². The molecule has 1 aromatic rings. The normalized spacial score (nSPS) is 15.0. The van der Waals surface area contributed by atoms with Crippen molar-refractivity contribution in [1.82, 2.24) is 16.0 Å². The van der Waals surface area contributed by atoms with Crippen molar-refractivity contribution >= 4 is 35.8 Å². The third-order valence-corrected chi connectivity index (χ3v) is 5.14. The van der Waals surface area contributed by atoms with Crippen LogP contribution in [-0.4, -0.2) is 59.4 Å². The molecule has 0 aliphatic heterocycles. The Balaban J connectivity index is 0.00000392. The minimum Gasteiger partial charge on any atom is -0.497 e. The summed E-state index contributed by atoms with van der Waals surface area (Å²) in [5, 5.41) is 9.55. The van der Waals surface area contributed by atoms with Crippen LogP contribution in [0.5, 0.6) is 5.75 Å². The molecular formula is C20H33IN4O3. The molecule has 0 atom stereocenters. The molecule has 158 valence electrons. The summed E-state index contributed by atoms with van der Waals surface area (Å²) in [5.74, 6) is 1.31. The Bertz CT molecular complexity index is 636. The van der Waals surface area contributed by atoms with E-state index in [0.29, 0.717) is 29.8 Å².